The van der Waals surface area contributed by atoms with Gasteiger partial charge in [-0.25, -0.2) is 9.34 Å². The minimum atomic E-state index is -0.945. The largest absolute Gasteiger partial charge is 0.323 e. The summed E-state index contributed by atoms with van der Waals surface area (Å²) < 4.78 is 11.7. The molecular weight excluding hydrogens is 411 g/mol. The Labute approximate surface area is 192 Å². The Morgan fingerprint density at radius 2 is 1.16 bits per heavy atom. The number of benzene rings is 4. The molecule has 1 fully saturated rings. The lowest BCUT2D eigenvalue weighted by Gasteiger charge is -2.29. The maximum Gasteiger partial charge on any atom is 0.189 e. The van der Waals surface area contributed by atoms with E-state index in [4.69, 9.17) is 4.52 Å². The highest BCUT2D eigenvalue weighted by atomic mass is 31.2. The molecule has 0 N–H and O–H groups in total. The van der Waals surface area contributed by atoms with E-state index in [0.717, 1.165) is 0 Å². The second kappa shape index (κ2) is 9.13. The first-order valence-electron chi connectivity index (χ1n) is 11.1. The molecule has 3 atom stereocenters. The second-order valence-electron chi connectivity index (χ2n) is 8.43. The molecule has 1 heterocycles. The normalized spacial score (nSPS) is 21.2. The van der Waals surface area contributed by atoms with Crippen LogP contribution >= 0.6 is 8.45 Å². The summed E-state index contributed by atoms with van der Waals surface area (Å²) in [5.41, 5.74) is 3.89. The van der Waals surface area contributed by atoms with Gasteiger partial charge in [-0.1, -0.05) is 103 Å². The van der Waals surface area contributed by atoms with E-state index in [1.165, 1.54) is 27.5 Å². The number of hydrogen-bond acceptors (Lipinski definition) is 3. The minimum absolute atomic E-state index is 0.0111. The second-order valence-corrected chi connectivity index (χ2v) is 10.4. The van der Waals surface area contributed by atoms with Gasteiger partial charge in [0.05, 0.1) is 18.2 Å². The molecule has 4 aromatic carbocycles. The van der Waals surface area contributed by atoms with Crippen molar-refractivity contribution in [3.8, 4) is 0 Å². The van der Waals surface area contributed by atoms with Crippen LogP contribution in [0.15, 0.2) is 103 Å². The summed E-state index contributed by atoms with van der Waals surface area (Å²) >= 11 is 0. The molecule has 162 valence electrons. The Morgan fingerprint density at radius 3 is 1.75 bits per heavy atom. The van der Waals surface area contributed by atoms with Crippen molar-refractivity contribution in [3.63, 3.8) is 0 Å². The van der Waals surface area contributed by atoms with Gasteiger partial charge in [0.2, 0.25) is 0 Å². The predicted octanol–water partition coefficient (Wildman–Crippen LogP) is 7.50. The molecule has 0 aromatic heterocycles. The molecule has 0 spiro atoms. The Balaban J connectivity index is 1.50. The van der Waals surface area contributed by atoms with Gasteiger partial charge >= 0.3 is 0 Å². The van der Waals surface area contributed by atoms with Crippen molar-refractivity contribution in [2.45, 2.75) is 25.1 Å². The lowest BCUT2D eigenvalue weighted by Crippen LogP contribution is -2.20. The first-order chi connectivity index (χ1) is 15.6. The first-order valence-corrected chi connectivity index (χ1v) is 12.3. The Hall–Kier alpha value is -2.55. The highest BCUT2D eigenvalue weighted by molar-refractivity contribution is 7.47. The van der Waals surface area contributed by atoms with Crippen LogP contribution in [0.1, 0.15) is 41.8 Å². The Kier molecular flexibility index (Phi) is 6.08. The van der Waals surface area contributed by atoms with Crippen molar-refractivity contribution >= 4 is 19.2 Å². The van der Waals surface area contributed by atoms with Crippen LogP contribution in [0.3, 0.4) is 0 Å². The third-order valence-electron chi connectivity index (χ3n) is 6.44. The summed E-state index contributed by atoms with van der Waals surface area (Å²) in [6, 6.07) is 37.1. The molecule has 32 heavy (non-hydrogen) atoms. The number of hydrogen-bond donors (Lipinski definition) is 0. The van der Waals surface area contributed by atoms with Crippen LogP contribution in [0.4, 0.5) is 0 Å². The van der Waals surface area contributed by atoms with Crippen LogP contribution in [0, 0.1) is 0 Å². The molecule has 4 heteroatoms. The lowest BCUT2D eigenvalue weighted by atomic mass is 9.93. The molecule has 0 aliphatic carbocycles. The molecule has 5 rings (SSSR count). The van der Waals surface area contributed by atoms with Gasteiger partial charge in [-0.2, -0.15) is 0 Å². The third kappa shape index (κ3) is 3.87. The molecule has 0 bridgehead atoms. The van der Waals surface area contributed by atoms with Gasteiger partial charge in [0.1, 0.15) is 0 Å². The van der Waals surface area contributed by atoms with Crippen molar-refractivity contribution in [2.24, 2.45) is 0 Å². The van der Waals surface area contributed by atoms with E-state index >= 15 is 0 Å². The predicted molar refractivity (Wildman–Crippen MR) is 134 cm³/mol. The van der Waals surface area contributed by atoms with Crippen LogP contribution in [0.2, 0.25) is 0 Å². The summed E-state index contributed by atoms with van der Waals surface area (Å²) in [5.74, 6) is 0. The van der Waals surface area contributed by atoms with E-state index in [1.54, 1.807) is 0 Å². The highest BCUT2D eigenvalue weighted by Crippen LogP contribution is 2.64. The maximum atomic E-state index is 6.85. The van der Waals surface area contributed by atoms with Crippen molar-refractivity contribution in [1.29, 1.82) is 0 Å². The monoisotopic (exact) mass is 440 g/mol. The maximum absolute atomic E-state index is 6.85. The zero-order valence-electron chi connectivity index (χ0n) is 18.8. The van der Waals surface area contributed by atoms with Gasteiger partial charge in [-0.15, -0.1) is 0 Å². The van der Waals surface area contributed by atoms with Crippen LogP contribution in [0.25, 0.3) is 10.8 Å². The summed E-state index contributed by atoms with van der Waals surface area (Å²) in [5, 5.41) is 2.52. The molecule has 1 aliphatic heterocycles. The van der Waals surface area contributed by atoms with Crippen molar-refractivity contribution in [1.82, 2.24) is 9.34 Å². The van der Waals surface area contributed by atoms with Gasteiger partial charge in [0.15, 0.2) is 8.45 Å². The minimum Gasteiger partial charge on any atom is -0.323 e. The SMILES string of the molecule is C[C@@H](OP1N(C)[C@H](c2ccccc2)[C@@H](c2ccccc2)N1C)c1cccc2ccccc12. The lowest BCUT2D eigenvalue weighted by molar-refractivity contribution is 0.225. The fraction of sp³-hybridized carbons (Fsp3) is 0.214. The van der Waals surface area contributed by atoms with Crippen LogP contribution in [-0.4, -0.2) is 23.4 Å². The molecule has 0 unspecified atom stereocenters. The van der Waals surface area contributed by atoms with Gasteiger partial charge in [0, 0.05) is 0 Å². The fourth-order valence-electron chi connectivity index (χ4n) is 4.89. The number of rotatable bonds is 5. The van der Waals surface area contributed by atoms with Crippen LogP contribution in [0.5, 0.6) is 0 Å². The van der Waals surface area contributed by atoms with E-state index in [9.17, 15) is 0 Å². The summed E-state index contributed by atoms with van der Waals surface area (Å²) in [6.45, 7) is 2.18. The molecule has 4 aromatic rings. The van der Waals surface area contributed by atoms with Crippen molar-refractivity contribution in [2.75, 3.05) is 14.1 Å². The Bertz CT molecular complexity index is 1130. The molecule has 0 saturated carbocycles. The summed E-state index contributed by atoms with van der Waals surface area (Å²) in [4.78, 5) is 0. The summed E-state index contributed by atoms with van der Waals surface area (Å²) in [7, 11) is 3.47. The quantitative estimate of drug-likeness (QED) is 0.299. The molecule has 3 nitrogen and oxygen atoms in total. The van der Waals surface area contributed by atoms with E-state index in [0.29, 0.717) is 0 Å². The third-order valence-corrected chi connectivity index (χ3v) is 8.52. The van der Waals surface area contributed by atoms with Crippen LogP contribution in [-0.2, 0) is 4.52 Å². The average molecular weight is 441 g/mol. The highest BCUT2D eigenvalue weighted by Gasteiger charge is 2.47. The standard InChI is InChI=1S/C28H29N2OP/c1-21(25-20-12-18-22-13-10-11-19-26(22)25)31-32-29(2)27(23-14-6-4-7-15-23)28(30(32)3)24-16-8-5-9-17-24/h4-21,27-28H,1-3H3/t21-,27-,28-/m1/s1. The van der Waals surface area contributed by atoms with Crippen molar-refractivity contribution < 1.29 is 4.52 Å². The number of likely N-dealkylation sites (N-methyl/N-ethyl adjacent to an activating group) is 2. The molecule has 1 saturated heterocycles. The van der Waals surface area contributed by atoms with Gasteiger partial charge in [-0.05, 0) is 48.5 Å². The molecular formula is C28H29N2OP. The number of fused-ring (bicyclic) bond motifs is 1. The van der Waals surface area contributed by atoms with E-state index in [2.05, 4.69) is 133 Å². The average Bonchev–Trinajstić information content (AvgIpc) is 3.09. The molecule has 0 amide bonds. The van der Waals surface area contributed by atoms with Gasteiger partial charge in [-0.3, -0.25) is 0 Å². The van der Waals surface area contributed by atoms with Crippen LogP contribution < -0.4 is 0 Å². The van der Waals surface area contributed by atoms with E-state index in [-0.39, 0.29) is 18.2 Å². The van der Waals surface area contributed by atoms with E-state index < -0.39 is 8.45 Å². The number of nitrogens with zero attached hydrogens (tertiary/aromatic N) is 2. The fourth-order valence-corrected chi connectivity index (χ4v) is 6.98. The first kappa shape index (κ1) is 21.3. The zero-order valence-corrected chi connectivity index (χ0v) is 19.7. The van der Waals surface area contributed by atoms with Gasteiger partial charge < -0.3 is 4.52 Å². The smallest absolute Gasteiger partial charge is 0.189 e. The van der Waals surface area contributed by atoms with Crippen molar-refractivity contribution in [3.05, 3.63) is 120 Å². The summed E-state index contributed by atoms with van der Waals surface area (Å²) in [6.07, 6.45) is -0.0111. The molecule has 0 radical (unpaired) electrons. The molecule has 1 aliphatic rings. The topological polar surface area (TPSA) is 15.7 Å². The van der Waals surface area contributed by atoms with Gasteiger partial charge in [0.25, 0.3) is 0 Å². The van der Waals surface area contributed by atoms with E-state index in [1.807, 2.05) is 0 Å². The Morgan fingerprint density at radius 1 is 0.656 bits per heavy atom. The zero-order chi connectivity index (χ0) is 22.1.